The number of carbonyl (C=O) groups is 1. The molecule has 0 unspecified atom stereocenters. The van der Waals surface area contributed by atoms with Crippen molar-refractivity contribution in [2.45, 2.75) is 20.0 Å². The third kappa shape index (κ3) is 4.99. The first-order valence-corrected chi connectivity index (χ1v) is 10.1. The Morgan fingerprint density at radius 2 is 2.10 bits per heavy atom. The molecule has 0 aliphatic carbocycles. The summed E-state index contributed by atoms with van der Waals surface area (Å²) in [5.41, 5.74) is 1.95. The number of nitro groups is 1. The van der Waals surface area contributed by atoms with Crippen molar-refractivity contribution >= 4 is 50.9 Å². The van der Waals surface area contributed by atoms with Gasteiger partial charge in [-0.05, 0) is 63.9 Å². The first kappa shape index (κ1) is 20.9. The smallest absolute Gasteiger partial charge is 0.276 e. The number of ether oxygens (including phenoxy) is 1. The molecule has 1 heterocycles. The standard InChI is InChI=1S/C20H18BrN3O4S/c1-2-8-23-19(25)17(22-20(23)29)11-13-6-7-18(16(21)10-13)28-12-14-4-3-5-15(9-14)24(26)27/h3-7,9-11H,2,8,12H2,1H3,(H,22,29)/b17-11-. The van der Waals surface area contributed by atoms with E-state index in [9.17, 15) is 14.9 Å². The average molecular weight is 476 g/mol. The molecule has 1 saturated heterocycles. The molecule has 3 rings (SSSR count). The summed E-state index contributed by atoms with van der Waals surface area (Å²) in [6.07, 6.45) is 2.56. The van der Waals surface area contributed by atoms with Crippen LogP contribution in [0, 0.1) is 10.1 Å². The van der Waals surface area contributed by atoms with Gasteiger partial charge in [-0.1, -0.05) is 25.1 Å². The van der Waals surface area contributed by atoms with Crippen LogP contribution in [0.5, 0.6) is 5.75 Å². The summed E-state index contributed by atoms with van der Waals surface area (Å²) in [5.74, 6) is 0.450. The zero-order chi connectivity index (χ0) is 21.0. The van der Waals surface area contributed by atoms with Crippen molar-refractivity contribution in [2.24, 2.45) is 0 Å². The largest absolute Gasteiger partial charge is 0.488 e. The fourth-order valence-corrected chi connectivity index (χ4v) is 3.60. The summed E-state index contributed by atoms with van der Waals surface area (Å²) in [6, 6.07) is 11.7. The van der Waals surface area contributed by atoms with Gasteiger partial charge in [0.15, 0.2) is 5.11 Å². The second kappa shape index (κ2) is 9.15. The highest BCUT2D eigenvalue weighted by molar-refractivity contribution is 9.10. The number of nitrogens with zero attached hydrogens (tertiary/aromatic N) is 2. The molecule has 9 heteroatoms. The number of amides is 1. The van der Waals surface area contributed by atoms with E-state index in [1.807, 2.05) is 19.1 Å². The minimum Gasteiger partial charge on any atom is -0.488 e. The lowest BCUT2D eigenvalue weighted by atomic mass is 10.1. The maximum atomic E-state index is 12.4. The summed E-state index contributed by atoms with van der Waals surface area (Å²) in [5, 5.41) is 14.2. The normalized spacial score (nSPS) is 15.0. The average Bonchev–Trinajstić information content (AvgIpc) is 2.95. The molecule has 1 aliphatic rings. The number of benzene rings is 2. The van der Waals surface area contributed by atoms with Gasteiger partial charge in [-0.25, -0.2) is 0 Å². The van der Waals surface area contributed by atoms with Gasteiger partial charge in [-0.2, -0.15) is 0 Å². The lowest BCUT2D eigenvalue weighted by Crippen LogP contribution is -2.31. The quantitative estimate of drug-likeness (QED) is 0.276. The number of nitro benzene ring substituents is 1. The molecule has 7 nitrogen and oxygen atoms in total. The molecule has 29 heavy (non-hydrogen) atoms. The number of hydrogen-bond donors (Lipinski definition) is 1. The molecule has 2 aromatic rings. The number of thiocarbonyl (C=S) groups is 1. The maximum absolute atomic E-state index is 12.4. The second-order valence-electron chi connectivity index (χ2n) is 6.35. The van der Waals surface area contributed by atoms with Crippen molar-refractivity contribution in [3.05, 3.63) is 73.9 Å². The molecule has 0 radical (unpaired) electrons. The third-order valence-electron chi connectivity index (χ3n) is 4.19. The minimum absolute atomic E-state index is 0.0240. The highest BCUT2D eigenvalue weighted by Gasteiger charge is 2.29. The monoisotopic (exact) mass is 475 g/mol. The van der Waals surface area contributed by atoms with Gasteiger partial charge in [0.1, 0.15) is 18.1 Å². The van der Waals surface area contributed by atoms with Gasteiger partial charge in [-0.15, -0.1) is 0 Å². The number of halogens is 1. The maximum Gasteiger partial charge on any atom is 0.276 e. The third-order valence-corrected chi connectivity index (χ3v) is 5.13. The van der Waals surface area contributed by atoms with Gasteiger partial charge in [-0.3, -0.25) is 19.8 Å². The molecule has 0 saturated carbocycles. The molecule has 1 N–H and O–H groups in total. The van der Waals surface area contributed by atoms with Crippen molar-refractivity contribution in [1.29, 1.82) is 0 Å². The molecule has 150 valence electrons. The van der Waals surface area contributed by atoms with Crippen molar-refractivity contribution in [1.82, 2.24) is 10.2 Å². The Morgan fingerprint density at radius 3 is 2.79 bits per heavy atom. The van der Waals surface area contributed by atoms with Crippen molar-refractivity contribution in [3.8, 4) is 5.75 Å². The van der Waals surface area contributed by atoms with E-state index in [0.717, 1.165) is 12.0 Å². The van der Waals surface area contributed by atoms with Crippen molar-refractivity contribution in [2.75, 3.05) is 6.54 Å². The van der Waals surface area contributed by atoms with Gasteiger partial charge in [0.05, 0.1) is 9.40 Å². The van der Waals surface area contributed by atoms with Crippen LogP contribution in [0.2, 0.25) is 0 Å². The zero-order valence-corrected chi connectivity index (χ0v) is 18.0. The van der Waals surface area contributed by atoms with Crippen LogP contribution in [-0.4, -0.2) is 27.4 Å². The first-order valence-electron chi connectivity index (χ1n) is 8.89. The fraction of sp³-hybridized carbons (Fsp3) is 0.200. The fourth-order valence-electron chi connectivity index (χ4n) is 2.81. The predicted octanol–water partition coefficient (Wildman–Crippen LogP) is 4.40. The number of rotatable bonds is 7. The van der Waals surface area contributed by atoms with E-state index in [1.165, 1.54) is 12.1 Å². The molecule has 2 aromatic carbocycles. The van der Waals surface area contributed by atoms with E-state index < -0.39 is 4.92 Å². The number of hydrogen-bond acceptors (Lipinski definition) is 5. The van der Waals surface area contributed by atoms with Crippen LogP contribution in [0.3, 0.4) is 0 Å². The minimum atomic E-state index is -0.437. The van der Waals surface area contributed by atoms with E-state index in [4.69, 9.17) is 17.0 Å². The van der Waals surface area contributed by atoms with Gasteiger partial charge in [0.25, 0.3) is 11.6 Å². The molecular weight excluding hydrogens is 458 g/mol. The predicted molar refractivity (Wildman–Crippen MR) is 117 cm³/mol. The van der Waals surface area contributed by atoms with Gasteiger partial charge in [0.2, 0.25) is 0 Å². The summed E-state index contributed by atoms with van der Waals surface area (Å²) in [6.45, 7) is 2.76. The Labute approximate surface area is 181 Å². The topological polar surface area (TPSA) is 84.7 Å². The lowest BCUT2D eigenvalue weighted by Gasteiger charge is -2.11. The van der Waals surface area contributed by atoms with Crippen molar-refractivity contribution < 1.29 is 14.5 Å². The molecule has 1 aliphatic heterocycles. The van der Waals surface area contributed by atoms with E-state index in [1.54, 1.807) is 29.2 Å². The molecule has 1 amide bonds. The molecule has 0 bridgehead atoms. The Balaban J connectivity index is 1.71. The van der Waals surface area contributed by atoms with Crippen LogP contribution in [-0.2, 0) is 11.4 Å². The van der Waals surface area contributed by atoms with E-state index in [2.05, 4.69) is 21.2 Å². The Bertz CT molecular complexity index is 1010. The van der Waals surface area contributed by atoms with Gasteiger partial charge < -0.3 is 10.1 Å². The van der Waals surface area contributed by atoms with Crippen LogP contribution in [0.15, 0.2) is 52.6 Å². The molecule has 0 atom stereocenters. The van der Waals surface area contributed by atoms with Gasteiger partial charge in [0, 0.05) is 18.7 Å². The Hall–Kier alpha value is -2.78. The van der Waals surface area contributed by atoms with E-state index in [0.29, 0.717) is 33.1 Å². The first-order chi connectivity index (χ1) is 13.9. The van der Waals surface area contributed by atoms with Crippen LogP contribution in [0.1, 0.15) is 24.5 Å². The second-order valence-corrected chi connectivity index (χ2v) is 7.59. The zero-order valence-electron chi connectivity index (χ0n) is 15.6. The highest BCUT2D eigenvalue weighted by atomic mass is 79.9. The summed E-state index contributed by atoms with van der Waals surface area (Å²) < 4.78 is 6.47. The summed E-state index contributed by atoms with van der Waals surface area (Å²) in [4.78, 5) is 24.4. The van der Waals surface area contributed by atoms with Crippen LogP contribution >= 0.6 is 28.1 Å². The molecule has 0 spiro atoms. The highest BCUT2D eigenvalue weighted by Crippen LogP contribution is 2.28. The number of carbonyl (C=O) groups excluding carboxylic acids is 1. The van der Waals surface area contributed by atoms with Crippen LogP contribution in [0.25, 0.3) is 6.08 Å². The number of non-ortho nitro benzene ring substituents is 1. The molecular formula is C20H18BrN3O4S. The molecule has 1 fully saturated rings. The van der Waals surface area contributed by atoms with Crippen LogP contribution < -0.4 is 10.1 Å². The number of nitrogens with one attached hydrogen (secondary N) is 1. The summed E-state index contributed by atoms with van der Waals surface area (Å²) in [7, 11) is 0. The Morgan fingerprint density at radius 1 is 1.31 bits per heavy atom. The molecule has 0 aromatic heterocycles. The SMILES string of the molecule is CCCN1C(=O)/C(=C/c2ccc(OCc3cccc([N+](=O)[O-])c3)c(Br)c2)NC1=S. The lowest BCUT2D eigenvalue weighted by molar-refractivity contribution is -0.384. The summed E-state index contributed by atoms with van der Waals surface area (Å²) >= 11 is 8.68. The van der Waals surface area contributed by atoms with E-state index in [-0.39, 0.29) is 18.2 Å². The van der Waals surface area contributed by atoms with Crippen molar-refractivity contribution in [3.63, 3.8) is 0 Å². The van der Waals surface area contributed by atoms with E-state index >= 15 is 0 Å². The van der Waals surface area contributed by atoms with Gasteiger partial charge >= 0.3 is 0 Å². The van der Waals surface area contributed by atoms with Crippen LogP contribution in [0.4, 0.5) is 5.69 Å². The Kier molecular flexibility index (Phi) is 6.60.